The molecule has 2 aromatic heterocycles. The van der Waals surface area contributed by atoms with Crippen LogP contribution < -0.4 is 5.32 Å². The molecular formula is C14H19N3OS2. The maximum atomic E-state index is 9.47. The Labute approximate surface area is 127 Å². The van der Waals surface area contributed by atoms with Crippen molar-refractivity contribution in [1.82, 2.24) is 9.97 Å². The molecule has 6 heteroatoms. The van der Waals surface area contributed by atoms with Gasteiger partial charge in [-0.05, 0) is 44.4 Å². The zero-order chi connectivity index (χ0) is 14.1. The third kappa shape index (κ3) is 2.64. The van der Waals surface area contributed by atoms with E-state index in [1.54, 1.807) is 18.7 Å². The number of hydrogen-bond acceptors (Lipinski definition) is 6. The summed E-state index contributed by atoms with van der Waals surface area (Å²) >= 11 is 3.38. The summed E-state index contributed by atoms with van der Waals surface area (Å²) < 4.78 is 1.15. The van der Waals surface area contributed by atoms with Gasteiger partial charge < -0.3 is 10.4 Å². The fourth-order valence-corrected chi connectivity index (χ4v) is 4.21. The number of anilines is 1. The summed E-state index contributed by atoms with van der Waals surface area (Å²) in [5.41, 5.74) is 2.55. The predicted octanol–water partition coefficient (Wildman–Crippen LogP) is 3.08. The van der Waals surface area contributed by atoms with E-state index in [2.05, 4.69) is 10.3 Å². The lowest BCUT2D eigenvalue weighted by atomic mass is 9.98. The van der Waals surface area contributed by atoms with Gasteiger partial charge in [0.05, 0.1) is 16.3 Å². The number of thioether (sulfide) groups is 1. The monoisotopic (exact) mass is 309 g/mol. The first-order chi connectivity index (χ1) is 9.69. The lowest BCUT2D eigenvalue weighted by molar-refractivity contribution is 0.208. The molecule has 4 nitrogen and oxygen atoms in total. The molecule has 2 aromatic rings. The first-order valence-electron chi connectivity index (χ1n) is 6.97. The molecule has 1 atom stereocenters. The average Bonchev–Trinajstić information content (AvgIpc) is 2.83. The third-order valence-corrected chi connectivity index (χ3v) is 5.36. The van der Waals surface area contributed by atoms with Crippen molar-refractivity contribution in [3.8, 4) is 0 Å². The van der Waals surface area contributed by atoms with Gasteiger partial charge in [-0.25, -0.2) is 9.97 Å². The largest absolute Gasteiger partial charge is 0.392 e. The lowest BCUT2D eigenvalue weighted by Gasteiger charge is -2.11. The van der Waals surface area contributed by atoms with E-state index in [9.17, 15) is 5.11 Å². The highest BCUT2D eigenvalue weighted by molar-refractivity contribution is 7.98. The van der Waals surface area contributed by atoms with Crippen LogP contribution in [0.2, 0.25) is 0 Å². The van der Waals surface area contributed by atoms with Crippen LogP contribution in [0.3, 0.4) is 0 Å². The summed E-state index contributed by atoms with van der Waals surface area (Å²) in [7, 11) is 0. The number of aryl methyl sites for hydroxylation is 2. The Balaban J connectivity index is 2.09. The van der Waals surface area contributed by atoms with Crippen molar-refractivity contribution in [2.45, 2.75) is 43.9 Å². The Morgan fingerprint density at radius 1 is 1.35 bits per heavy atom. The maximum Gasteiger partial charge on any atom is 0.189 e. The fourth-order valence-electron chi connectivity index (χ4n) is 2.55. The van der Waals surface area contributed by atoms with Gasteiger partial charge in [-0.3, -0.25) is 0 Å². The SMILES string of the molecule is CSc1nc(NCC(C)O)c2sc3c(c2n1)CCCC3. The third-order valence-electron chi connectivity index (χ3n) is 3.52. The van der Waals surface area contributed by atoms with Crippen LogP contribution in [0.5, 0.6) is 0 Å². The minimum absolute atomic E-state index is 0.382. The van der Waals surface area contributed by atoms with E-state index < -0.39 is 0 Å². The predicted molar refractivity (Wildman–Crippen MR) is 86.0 cm³/mol. The number of aliphatic hydroxyl groups is 1. The van der Waals surface area contributed by atoms with Gasteiger partial charge in [0, 0.05) is 11.4 Å². The van der Waals surface area contributed by atoms with Gasteiger partial charge in [0.25, 0.3) is 0 Å². The van der Waals surface area contributed by atoms with Crippen molar-refractivity contribution in [3.63, 3.8) is 0 Å². The van der Waals surface area contributed by atoms with Gasteiger partial charge in [-0.2, -0.15) is 0 Å². The summed E-state index contributed by atoms with van der Waals surface area (Å²) in [5.74, 6) is 0.875. The first-order valence-corrected chi connectivity index (χ1v) is 9.01. The van der Waals surface area contributed by atoms with Crippen LogP contribution in [0.15, 0.2) is 5.16 Å². The van der Waals surface area contributed by atoms with Crippen molar-refractivity contribution in [2.24, 2.45) is 0 Å². The highest BCUT2D eigenvalue weighted by Gasteiger charge is 2.20. The van der Waals surface area contributed by atoms with Crippen LogP contribution in [-0.4, -0.2) is 34.0 Å². The smallest absolute Gasteiger partial charge is 0.189 e. The molecule has 0 amide bonds. The molecule has 2 N–H and O–H groups in total. The van der Waals surface area contributed by atoms with E-state index >= 15 is 0 Å². The van der Waals surface area contributed by atoms with Crippen molar-refractivity contribution < 1.29 is 5.11 Å². The molecule has 108 valence electrons. The van der Waals surface area contributed by atoms with Gasteiger partial charge in [0.15, 0.2) is 5.16 Å². The van der Waals surface area contributed by atoms with E-state index in [-0.39, 0.29) is 6.10 Å². The van der Waals surface area contributed by atoms with E-state index in [0.29, 0.717) is 6.54 Å². The second-order valence-corrected chi connectivity index (χ2v) is 7.06. The zero-order valence-electron chi connectivity index (χ0n) is 11.8. The Kier molecular flexibility index (Phi) is 4.14. The molecule has 0 aliphatic heterocycles. The van der Waals surface area contributed by atoms with Gasteiger partial charge in [0.1, 0.15) is 5.82 Å². The molecule has 0 radical (unpaired) electrons. The second-order valence-electron chi connectivity index (χ2n) is 5.18. The molecule has 20 heavy (non-hydrogen) atoms. The summed E-state index contributed by atoms with van der Waals surface area (Å²) in [4.78, 5) is 10.8. The van der Waals surface area contributed by atoms with E-state index in [4.69, 9.17) is 4.98 Å². The second kappa shape index (κ2) is 5.87. The number of nitrogens with zero attached hydrogens (tertiary/aromatic N) is 2. The minimum atomic E-state index is -0.382. The highest BCUT2D eigenvalue weighted by Crippen LogP contribution is 2.39. The molecule has 2 heterocycles. The summed E-state index contributed by atoms with van der Waals surface area (Å²) in [6, 6.07) is 0. The first kappa shape index (κ1) is 14.1. The van der Waals surface area contributed by atoms with Crippen LogP contribution in [0.4, 0.5) is 5.82 Å². The highest BCUT2D eigenvalue weighted by atomic mass is 32.2. The minimum Gasteiger partial charge on any atom is -0.392 e. The normalized spacial score (nSPS) is 16.1. The molecule has 1 unspecified atom stereocenters. The Hall–Kier alpha value is -0.850. The maximum absolute atomic E-state index is 9.47. The van der Waals surface area contributed by atoms with E-state index in [1.165, 1.54) is 29.7 Å². The number of fused-ring (bicyclic) bond motifs is 3. The lowest BCUT2D eigenvalue weighted by Crippen LogP contribution is -2.16. The van der Waals surface area contributed by atoms with E-state index in [0.717, 1.165) is 27.6 Å². The summed E-state index contributed by atoms with van der Waals surface area (Å²) in [6.07, 6.45) is 6.45. The number of aliphatic hydroxyl groups excluding tert-OH is 1. The fraction of sp³-hybridized carbons (Fsp3) is 0.571. The Morgan fingerprint density at radius 2 is 2.15 bits per heavy atom. The van der Waals surface area contributed by atoms with Crippen molar-refractivity contribution in [2.75, 3.05) is 18.1 Å². The molecule has 0 saturated heterocycles. The molecule has 1 aliphatic rings. The standard InChI is InChI=1S/C14H19N3OS2/c1-8(18)7-15-13-12-11(16-14(17-13)19-2)9-5-3-4-6-10(9)20-12/h8,18H,3-7H2,1-2H3,(H,15,16,17). The Bertz CT molecular complexity index is 624. The summed E-state index contributed by atoms with van der Waals surface area (Å²) in [5, 5.41) is 13.5. The molecule has 0 bridgehead atoms. The van der Waals surface area contributed by atoms with Gasteiger partial charge in [-0.15, -0.1) is 11.3 Å². The Morgan fingerprint density at radius 3 is 2.90 bits per heavy atom. The summed E-state index contributed by atoms with van der Waals surface area (Å²) in [6.45, 7) is 2.29. The average molecular weight is 309 g/mol. The van der Waals surface area contributed by atoms with Crippen molar-refractivity contribution in [1.29, 1.82) is 0 Å². The van der Waals surface area contributed by atoms with Crippen LogP contribution in [0, 0.1) is 0 Å². The molecule has 0 fully saturated rings. The molecule has 1 aliphatic carbocycles. The van der Waals surface area contributed by atoms with Gasteiger partial charge in [0.2, 0.25) is 0 Å². The van der Waals surface area contributed by atoms with Crippen LogP contribution in [0.25, 0.3) is 10.2 Å². The molecular weight excluding hydrogens is 290 g/mol. The van der Waals surface area contributed by atoms with Crippen LogP contribution >= 0.6 is 23.1 Å². The number of thiophene rings is 1. The van der Waals surface area contributed by atoms with Crippen molar-refractivity contribution >= 4 is 39.1 Å². The van der Waals surface area contributed by atoms with Crippen LogP contribution in [-0.2, 0) is 12.8 Å². The number of rotatable bonds is 4. The topological polar surface area (TPSA) is 58.0 Å². The molecule has 3 rings (SSSR count). The van der Waals surface area contributed by atoms with Gasteiger partial charge in [-0.1, -0.05) is 11.8 Å². The van der Waals surface area contributed by atoms with Gasteiger partial charge >= 0.3 is 0 Å². The van der Waals surface area contributed by atoms with Crippen molar-refractivity contribution in [3.05, 3.63) is 10.4 Å². The molecule has 0 saturated carbocycles. The molecule has 0 spiro atoms. The van der Waals surface area contributed by atoms with E-state index in [1.807, 2.05) is 17.6 Å². The zero-order valence-corrected chi connectivity index (χ0v) is 13.4. The van der Waals surface area contributed by atoms with Crippen LogP contribution in [0.1, 0.15) is 30.2 Å². The quantitative estimate of drug-likeness (QED) is 0.671. The number of nitrogens with one attached hydrogen (secondary N) is 1. The number of aromatic nitrogens is 2. The number of hydrogen-bond donors (Lipinski definition) is 2. The molecule has 0 aromatic carbocycles.